The molecule has 3 N–H and O–H groups in total. The molecule has 1 aliphatic rings. The van der Waals surface area contributed by atoms with Crippen LogP contribution in [0.2, 0.25) is 0 Å². The minimum atomic E-state index is 0.0289. The van der Waals surface area contributed by atoms with E-state index in [2.05, 4.69) is 23.0 Å². The quantitative estimate of drug-likeness (QED) is 0.870. The first-order valence-electron chi connectivity index (χ1n) is 7.17. The van der Waals surface area contributed by atoms with Gasteiger partial charge in [0.2, 0.25) is 0 Å². The molecule has 0 atom stereocenters. The van der Waals surface area contributed by atoms with Crippen molar-refractivity contribution >= 4 is 11.2 Å². The Morgan fingerprint density at radius 1 is 1.32 bits per heavy atom. The fourth-order valence-corrected chi connectivity index (χ4v) is 3.09. The lowest BCUT2D eigenvalue weighted by Gasteiger charge is -2.36. The lowest BCUT2D eigenvalue weighted by atomic mass is 9.70. The van der Waals surface area contributed by atoms with Gasteiger partial charge in [0.05, 0.1) is 5.52 Å². The normalized spacial score (nSPS) is 27.8. The van der Waals surface area contributed by atoms with Gasteiger partial charge in [-0.05, 0) is 50.7 Å². The second kappa shape index (κ2) is 4.60. The molecular formula is C15H22N4. The topological polar surface area (TPSA) is 67.6 Å². The average Bonchev–Trinajstić information content (AvgIpc) is 2.83. The van der Waals surface area contributed by atoms with Crippen molar-refractivity contribution in [2.24, 2.45) is 11.7 Å². The number of nitrogens with one attached hydrogen (secondary N) is 1. The largest absolute Gasteiger partial charge is 0.340 e. The van der Waals surface area contributed by atoms with Crippen molar-refractivity contribution in [3.05, 3.63) is 23.7 Å². The number of nitrogens with two attached hydrogens (primary N) is 1. The highest BCUT2D eigenvalue weighted by Crippen LogP contribution is 2.39. The Bertz CT molecular complexity index is 579. The standard InChI is InChI=1S/C15H22N4/c1-10-5-7-15(9-16,8-6-10)14-18-12-4-3-11(2)17-13(12)19-14/h3-4,10H,5-9,16H2,1-2H3,(H,17,18,19). The SMILES string of the molecule is Cc1ccc2[nH]c(C3(CN)CCC(C)CC3)nc2n1. The summed E-state index contributed by atoms with van der Waals surface area (Å²) in [5, 5.41) is 0. The minimum Gasteiger partial charge on any atom is -0.340 e. The molecule has 3 rings (SSSR count). The first-order valence-corrected chi connectivity index (χ1v) is 7.17. The van der Waals surface area contributed by atoms with Crippen molar-refractivity contribution in [1.29, 1.82) is 0 Å². The fourth-order valence-electron chi connectivity index (χ4n) is 3.09. The number of fused-ring (bicyclic) bond motifs is 1. The van der Waals surface area contributed by atoms with E-state index in [9.17, 15) is 0 Å². The first-order chi connectivity index (χ1) is 9.13. The number of aromatic nitrogens is 3. The summed E-state index contributed by atoms with van der Waals surface area (Å²) in [6.45, 7) is 4.98. The molecule has 19 heavy (non-hydrogen) atoms. The van der Waals surface area contributed by atoms with Crippen molar-refractivity contribution < 1.29 is 0 Å². The number of hydrogen-bond donors (Lipinski definition) is 2. The summed E-state index contributed by atoms with van der Waals surface area (Å²) >= 11 is 0. The van der Waals surface area contributed by atoms with Crippen LogP contribution in [-0.4, -0.2) is 21.5 Å². The number of aromatic amines is 1. The second-order valence-electron chi connectivity index (χ2n) is 6.08. The van der Waals surface area contributed by atoms with Gasteiger partial charge in [-0.25, -0.2) is 9.97 Å². The van der Waals surface area contributed by atoms with E-state index in [1.807, 2.05) is 13.0 Å². The monoisotopic (exact) mass is 258 g/mol. The van der Waals surface area contributed by atoms with Gasteiger partial charge in [-0.3, -0.25) is 0 Å². The number of aryl methyl sites for hydroxylation is 1. The minimum absolute atomic E-state index is 0.0289. The van der Waals surface area contributed by atoms with Gasteiger partial charge < -0.3 is 10.7 Å². The van der Waals surface area contributed by atoms with E-state index in [0.717, 1.165) is 41.4 Å². The highest BCUT2D eigenvalue weighted by Gasteiger charge is 2.37. The Kier molecular flexibility index (Phi) is 3.05. The van der Waals surface area contributed by atoms with Crippen LogP contribution in [0.4, 0.5) is 0 Å². The smallest absolute Gasteiger partial charge is 0.177 e. The molecule has 0 spiro atoms. The molecule has 4 nitrogen and oxygen atoms in total. The van der Waals surface area contributed by atoms with E-state index >= 15 is 0 Å². The maximum atomic E-state index is 6.09. The molecule has 0 unspecified atom stereocenters. The Labute approximate surface area is 113 Å². The van der Waals surface area contributed by atoms with Crippen LogP contribution in [-0.2, 0) is 5.41 Å². The number of pyridine rings is 1. The Balaban J connectivity index is 2.01. The Hall–Kier alpha value is -1.42. The molecule has 0 bridgehead atoms. The highest BCUT2D eigenvalue weighted by molar-refractivity contribution is 5.70. The molecule has 2 heterocycles. The van der Waals surface area contributed by atoms with Crippen molar-refractivity contribution in [2.75, 3.05) is 6.54 Å². The zero-order chi connectivity index (χ0) is 13.5. The third-order valence-electron chi connectivity index (χ3n) is 4.61. The zero-order valence-corrected chi connectivity index (χ0v) is 11.7. The van der Waals surface area contributed by atoms with E-state index < -0.39 is 0 Å². The van der Waals surface area contributed by atoms with Gasteiger partial charge in [0.25, 0.3) is 0 Å². The van der Waals surface area contributed by atoms with Crippen LogP contribution in [0.15, 0.2) is 12.1 Å². The average molecular weight is 258 g/mol. The van der Waals surface area contributed by atoms with E-state index in [-0.39, 0.29) is 5.41 Å². The number of imidazole rings is 1. The van der Waals surface area contributed by atoms with E-state index in [1.165, 1.54) is 12.8 Å². The molecule has 0 aliphatic heterocycles. The molecule has 0 amide bonds. The molecule has 2 aromatic heterocycles. The number of hydrogen-bond acceptors (Lipinski definition) is 3. The van der Waals surface area contributed by atoms with Crippen LogP contribution in [0.5, 0.6) is 0 Å². The number of nitrogens with zero attached hydrogens (tertiary/aromatic N) is 2. The van der Waals surface area contributed by atoms with Crippen molar-refractivity contribution in [3.63, 3.8) is 0 Å². The molecule has 0 radical (unpaired) electrons. The molecular weight excluding hydrogens is 236 g/mol. The lowest BCUT2D eigenvalue weighted by molar-refractivity contribution is 0.238. The predicted molar refractivity (Wildman–Crippen MR) is 77.0 cm³/mol. The van der Waals surface area contributed by atoms with Gasteiger partial charge >= 0.3 is 0 Å². The van der Waals surface area contributed by atoms with Gasteiger partial charge in [-0.15, -0.1) is 0 Å². The van der Waals surface area contributed by atoms with Crippen LogP contribution in [0.25, 0.3) is 11.2 Å². The molecule has 1 fully saturated rings. The summed E-state index contributed by atoms with van der Waals surface area (Å²) in [6.07, 6.45) is 4.73. The molecule has 4 heteroatoms. The van der Waals surface area contributed by atoms with E-state index in [4.69, 9.17) is 10.7 Å². The van der Waals surface area contributed by atoms with Gasteiger partial charge in [-0.1, -0.05) is 6.92 Å². The molecule has 2 aromatic rings. The predicted octanol–water partition coefficient (Wildman–Crippen LogP) is 2.67. The molecule has 0 aromatic carbocycles. The van der Waals surface area contributed by atoms with Gasteiger partial charge in [0, 0.05) is 17.7 Å². The summed E-state index contributed by atoms with van der Waals surface area (Å²) in [5.41, 5.74) is 8.96. The maximum Gasteiger partial charge on any atom is 0.177 e. The Morgan fingerprint density at radius 3 is 2.74 bits per heavy atom. The summed E-state index contributed by atoms with van der Waals surface area (Å²) < 4.78 is 0. The summed E-state index contributed by atoms with van der Waals surface area (Å²) in [4.78, 5) is 12.7. The molecule has 1 saturated carbocycles. The summed E-state index contributed by atoms with van der Waals surface area (Å²) in [7, 11) is 0. The van der Waals surface area contributed by atoms with E-state index in [0.29, 0.717) is 6.54 Å². The Morgan fingerprint density at radius 2 is 2.05 bits per heavy atom. The van der Waals surface area contributed by atoms with Crippen molar-refractivity contribution in [1.82, 2.24) is 15.0 Å². The number of H-pyrrole nitrogens is 1. The maximum absolute atomic E-state index is 6.09. The van der Waals surface area contributed by atoms with Crippen LogP contribution in [0.3, 0.4) is 0 Å². The van der Waals surface area contributed by atoms with Gasteiger partial charge in [0.1, 0.15) is 5.82 Å². The number of rotatable bonds is 2. The van der Waals surface area contributed by atoms with Gasteiger partial charge in [-0.2, -0.15) is 0 Å². The first kappa shape index (κ1) is 12.6. The van der Waals surface area contributed by atoms with Gasteiger partial charge in [0.15, 0.2) is 5.65 Å². The fraction of sp³-hybridized carbons (Fsp3) is 0.600. The molecule has 0 saturated heterocycles. The third-order valence-corrected chi connectivity index (χ3v) is 4.61. The lowest BCUT2D eigenvalue weighted by Crippen LogP contribution is -2.39. The van der Waals surface area contributed by atoms with E-state index in [1.54, 1.807) is 0 Å². The molecule has 1 aliphatic carbocycles. The van der Waals surface area contributed by atoms with Crippen molar-refractivity contribution in [3.8, 4) is 0 Å². The second-order valence-corrected chi connectivity index (χ2v) is 6.08. The van der Waals surface area contributed by atoms with Crippen LogP contribution in [0.1, 0.15) is 44.1 Å². The molecule has 102 valence electrons. The van der Waals surface area contributed by atoms with Crippen LogP contribution in [0, 0.1) is 12.8 Å². The third kappa shape index (κ3) is 2.14. The summed E-state index contributed by atoms with van der Waals surface area (Å²) in [5.74, 6) is 1.85. The summed E-state index contributed by atoms with van der Waals surface area (Å²) in [6, 6.07) is 4.08. The zero-order valence-electron chi connectivity index (χ0n) is 11.7. The van der Waals surface area contributed by atoms with Crippen LogP contribution < -0.4 is 5.73 Å². The highest BCUT2D eigenvalue weighted by atomic mass is 15.0. The van der Waals surface area contributed by atoms with Crippen LogP contribution >= 0.6 is 0 Å². The van der Waals surface area contributed by atoms with Crippen molar-refractivity contribution in [2.45, 2.75) is 44.9 Å².